The van der Waals surface area contributed by atoms with Gasteiger partial charge in [-0.1, -0.05) is 67.6 Å². The summed E-state index contributed by atoms with van der Waals surface area (Å²) in [6.07, 6.45) is 6.53. The minimum Gasteiger partial charge on any atom is -0.349 e. The van der Waals surface area contributed by atoms with Crippen molar-refractivity contribution in [1.29, 1.82) is 0 Å². The first kappa shape index (κ1) is 60.4. The lowest BCUT2D eigenvalue weighted by molar-refractivity contribution is -0.130. The number of hydrogen-bond donors (Lipinski definition) is 2. The molecule has 0 radical (unpaired) electrons. The molecule has 2 aromatic carbocycles. The SMILES string of the molecule is Cc1ncnc(C)c1C(=O)N1CC2CN(CC[C@H](C)c3ccccc3)CC2C1.Cc1ncnc(C)c1C(=O)N1CC2CN(CC[C@H](NC(=O)C3CCC(F)(F)CC3)c3ccccc3)CC2C1.Cc1ncnc(C)c1C(=O)N1CC2CNCC2C1. The summed E-state index contributed by atoms with van der Waals surface area (Å²) in [5.41, 5.74) is 9.02. The first-order valence-electron chi connectivity index (χ1n) is 30.6. The zero-order chi connectivity index (χ0) is 59.2. The highest BCUT2D eigenvalue weighted by Crippen LogP contribution is 2.38. The van der Waals surface area contributed by atoms with Gasteiger partial charge in [-0.05, 0) is 126 Å². The topological polar surface area (TPSA) is 186 Å². The summed E-state index contributed by atoms with van der Waals surface area (Å²) in [5.74, 6) is 1.01. The van der Waals surface area contributed by atoms with Crippen molar-refractivity contribution < 1.29 is 28.0 Å². The predicted octanol–water partition coefficient (Wildman–Crippen LogP) is 7.85. The van der Waals surface area contributed by atoms with Crippen LogP contribution in [0.4, 0.5) is 8.78 Å². The van der Waals surface area contributed by atoms with Gasteiger partial charge in [0.1, 0.15) is 19.0 Å². The lowest BCUT2D eigenvalue weighted by Crippen LogP contribution is -2.39. The lowest BCUT2D eigenvalue weighted by atomic mass is 9.86. The minimum absolute atomic E-state index is 0.0221. The fraction of sp³-hybridized carbons (Fsp3) is 0.569. The maximum Gasteiger partial charge on any atom is 0.257 e. The Kier molecular flexibility index (Phi) is 19.2. The molecule has 9 heterocycles. The van der Waals surface area contributed by atoms with Crippen molar-refractivity contribution in [2.75, 3.05) is 91.6 Å². The highest BCUT2D eigenvalue weighted by Gasteiger charge is 2.45. The molecular formula is C65H85F2N13O4. The number of fused-ring (bicyclic) bond motifs is 3. The number of halogens is 2. The Labute approximate surface area is 494 Å². The molecule has 8 atom stereocenters. The normalized spacial score (nSPS) is 24.3. The van der Waals surface area contributed by atoms with Crippen LogP contribution in [-0.4, -0.2) is 176 Å². The summed E-state index contributed by atoms with van der Waals surface area (Å²) in [5, 5.41) is 6.56. The van der Waals surface area contributed by atoms with Crippen LogP contribution in [0.15, 0.2) is 79.6 Å². The van der Waals surface area contributed by atoms with Crippen molar-refractivity contribution in [2.45, 2.75) is 105 Å². The third kappa shape index (κ3) is 14.2. The predicted molar refractivity (Wildman–Crippen MR) is 317 cm³/mol. The summed E-state index contributed by atoms with van der Waals surface area (Å²) >= 11 is 0. The Morgan fingerprint density at radius 2 is 0.857 bits per heavy atom. The van der Waals surface area contributed by atoms with Gasteiger partial charge in [0.05, 0.1) is 56.9 Å². The van der Waals surface area contributed by atoms with Crippen LogP contribution in [0.2, 0.25) is 0 Å². The van der Waals surface area contributed by atoms with Crippen molar-refractivity contribution >= 4 is 23.6 Å². The summed E-state index contributed by atoms with van der Waals surface area (Å²) in [6, 6.07) is 20.5. The number of nitrogens with one attached hydrogen (secondary N) is 2. The molecule has 19 heteroatoms. The van der Waals surface area contributed by atoms with E-state index >= 15 is 0 Å². The van der Waals surface area contributed by atoms with Gasteiger partial charge in [-0.2, -0.15) is 0 Å². The Morgan fingerprint density at radius 3 is 1.24 bits per heavy atom. The molecule has 12 rings (SSSR count). The number of alkyl halides is 2. The average molecular weight is 1150 g/mol. The monoisotopic (exact) mass is 1150 g/mol. The number of likely N-dealkylation sites (tertiary alicyclic amines) is 5. The summed E-state index contributed by atoms with van der Waals surface area (Å²) in [4.78, 5) is 87.8. The van der Waals surface area contributed by atoms with E-state index in [0.717, 1.165) is 138 Å². The summed E-state index contributed by atoms with van der Waals surface area (Å²) in [6.45, 7) is 26.6. The second-order valence-electron chi connectivity index (χ2n) is 25.1. The van der Waals surface area contributed by atoms with Gasteiger partial charge in [0.15, 0.2) is 0 Å². The standard InChI is InChI=1S/C29H37F2N5O2.C23H30N4O.C13H18N4O/c1-19-26(20(2)33-18-32-19)28(38)36-16-23-14-35(15-24(23)17-36)13-10-25(21-6-4-3-5-7-21)34-27(37)22-8-11-29(30,31)12-9-22;1-16(19-7-5-4-6-8-19)9-10-26-11-20-13-27(14-21(20)12-26)23(28)22-17(2)24-15-25-18(22)3;1-8-12(9(2)16-7-15-8)13(18)17-5-10-3-14-4-11(10)6-17/h3-7,18,22-25H,8-17H2,1-2H3,(H,34,37);4-8,15-16,20-21H,9-14H2,1-3H3;7,10-11,14H,3-6H2,1-2H3/t23?,24?,25-;16-,20?,21?;/m00./s1. The van der Waals surface area contributed by atoms with Gasteiger partial charge in [-0.3, -0.25) is 19.2 Å². The van der Waals surface area contributed by atoms with Crippen molar-refractivity contribution in [1.82, 2.24) is 65.0 Å². The molecule has 6 aliphatic heterocycles. The molecule has 1 saturated carbocycles. The smallest absolute Gasteiger partial charge is 0.257 e. The first-order chi connectivity index (χ1) is 40.4. The van der Waals surface area contributed by atoms with E-state index in [1.165, 1.54) is 31.0 Å². The molecule has 0 bridgehead atoms. The number of nitrogens with zero attached hydrogens (tertiary/aromatic N) is 11. The second-order valence-corrected chi connectivity index (χ2v) is 25.1. The number of aromatic nitrogens is 6. The molecule has 17 nitrogen and oxygen atoms in total. The Bertz CT molecular complexity index is 3010. The Hall–Kier alpha value is -6.70. The lowest BCUT2D eigenvalue weighted by Gasteiger charge is -2.30. The van der Waals surface area contributed by atoms with Crippen LogP contribution in [0.3, 0.4) is 0 Å². The summed E-state index contributed by atoms with van der Waals surface area (Å²) < 4.78 is 27.2. The first-order valence-corrected chi connectivity index (χ1v) is 30.6. The van der Waals surface area contributed by atoms with E-state index in [1.807, 2.05) is 86.6 Å². The van der Waals surface area contributed by atoms with Gasteiger partial charge in [0, 0.05) is 104 Å². The average Bonchev–Trinajstić information content (AvgIpc) is 3.91. The Balaban J connectivity index is 0.000000150. The van der Waals surface area contributed by atoms with E-state index in [-0.39, 0.29) is 61.3 Å². The number of hydrogen-bond acceptors (Lipinski definition) is 13. The molecule has 1 aliphatic carbocycles. The number of rotatable bonds is 13. The van der Waals surface area contributed by atoms with Crippen molar-refractivity contribution in [3.63, 3.8) is 0 Å². The molecule has 3 aromatic heterocycles. The molecule has 7 fully saturated rings. The van der Waals surface area contributed by atoms with Gasteiger partial charge in [-0.25, -0.2) is 38.7 Å². The molecular weight excluding hydrogens is 1060 g/mol. The van der Waals surface area contributed by atoms with E-state index in [2.05, 4.69) is 87.6 Å². The van der Waals surface area contributed by atoms with E-state index in [4.69, 9.17) is 0 Å². The number of aryl methyl sites for hydroxylation is 6. The third-order valence-electron chi connectivity index (χ3n) is 19.3. The molecule has 448 valence electrons. The van der Waals surface area contributed by atoms with Crippen LogP contribution in [0, 0.1) is 83.0 Å². The second kappa shape index (κ2) is 26.7. The van der Waals surface area contributed by atoms with Crippen LogP contribution in [0.25, 0.3) is 0 Å². The summed E-state index contributed by atoms with van der Waals surface area (Å²) in [7, 11) is 0. The molecule has 0 spiro atoms. The molecule has 6 saturated heterocycles. The molecule has 84 heavy (non-hydrogen) atoms. The van der Waals surface area contributed by atoms with E-state index in [0.29, 0.717) is 58.1 Å². The maximum atomic E-state index is 13.6. The van der Waals surface area contributed by atoms with Crippen molar-refractivity contribution in [2.24, 2.45) is 41.4 Å². The molecule has 5 aromatic rings. The van der Waals surface area contributed by atoms with Crippen LogP contribution in [-0.2, 0) is 4.79 Å². The number of benzene rings is 2. The molecule has 6 unspecified atom stereocenters. The number of carbonyl (C=O) groups excluding carboxylic acids is 4. The van der Waals surface area contributed by atoms with Crippen molar-refractivity contribution in [3.8, 4) is 0 Å². The largest absolute Gasteiger partial charge is 0.349 e. The van der Waals surface area contributed by atoms with E-state index in [9.17, 15) is 28.0 Å². The van der Waals surface area contributed by atoms with Gasteiger partial charge < -0.3 is 35.1 Å². The van der Waals surface area contributed by atoms with Crippen LogP contribution in [0.5, 0.6) is 0 Å². The van der Waals surface area contributed by atoms with E-state index < -0.39 is 5.92 Å². The quantitative estimate of drug-likeness (QED) is 0.116. The van der Waals surface area contributed by atoms with Gasteiger partial charge in [-0.15, -0.1) is 0 Å². The zero-order valence-corrected chi connectivity index (χ0v) is 50.2. The fourth-order valence-corrected chi connectivity index (χ4v) is 14.3. The minimum atomic E-state index is -2.64. The molecule has 2 N–H and O–H groups in total. The van der Waals surface area contributed by atoms with Gasteiger partial charge in [0.25, 0.3) is 17.7 Å². The number of carbonyl (C=O) groups is 4. The fourth-order valence-electron chi connectivity index (χ4n) is 14.3. The van der Waals surface area contributed by atoms with Crippen molar-refractivity contribution in [3.05, 3.63) is 142 Å². The van der Waals surface area contributed by atoms with Crippen LogP contribution in [0.1, 0.15) is 134 Å². The molecule has 4 amide bonds. The molecule has 7 aliphatic rings. The van der Waals surface area contributed by atoms with Crippen LogP contribution >= 0.6 is 0 Å². The highest BCUT2D eigenvalue weighted by molar-refractivity contribution is 5.97. The Morgan fingerprint density at radius 1 is 0.512 bits per heavy atom. The van der Waals surface area contributed by atoms with E-state index in [1.54, 1.807) is 0 Å². The van der Waals surface area contributed by atoms with Gasteiger partial charge >= 0.3 is 0 Å². The van der Waals surface area contributed by atoms with Crippen LogP contribution < -0.4 is 10.6 Å². The number of amides is 4. The third-order valence-corrected chi connectivity index (χ3v) is 19.3. The highest BCUT2D eigenvalue weighted by atomic mass is 19.3. The van der Waals surface area contributed by atoms with Gasteiger partial charge in [0.2, 0.25) is 11.8 Å². The zero-order valence-electron chi connectivity index (χ0n) is 50.2. The maximum absolute atomic E-state index is 13.6.